The molecule has 0 unspecified atom stereocenters. The summed E-state index contributed by atoms with van der Waals surface area (Å²) >= 11 is 0. The van der Waals surface area contributed by atoms with Crippen LogP contribution in [0.5, 0.6) is 0 Å². The van der Waals surface area contributed by atoms with Crippen LogP contribution in [-0.2, 0) is 0 Å². The summed E-state index contributed by atoms with van der Waals surface area (Å²) in [6.07, 6.45) is 3.61. The lowest BCUT2D eigenvalue weighted by Gasteiger charge is -2.36. The van der Waals surface area contributed by atoms with Gasteiger partial charge in [0.15, 0.2) is 0 Å². The van der Waals surface area contributed by atoms with Crippen LogP contribution in [0, 0.1) is 0 Å². The Hall–Kier alpha value is -1.39. The molecule has 25 heavy (non-hydrogen) atoms. The molecule has 2 aliphatic rings. The van der Waals surface area contributed by atoms with E-state index in [1.807, 2.05) is 12.1 Å². The highest BCUT2D eigenvalue weighted by Crippen LogP contribution is 2.20. The molecule has 0 saturated carbocycles. The van der Waals surface area contributed by atoms with E-state index in [-0.39, 0.29) is 5.91 Å². The van der Waals surface area contributed by atoms with Crippen molar-refractivity contribution in [2.24, 2.45) is 0 Å². The topological polar surface area (TPSA) is 26.8 Å². The second-order valence-electron chi connectivity index (χ2n) is 8.00. The predicted molar refractivity (Wildman–Crippen MR) is 103 cm³/mol. The minimum Gasteiger partial charge on any atom is -0.337 e. The van der Waals surface area contributed by atoms with Gasteiger partial charge in [-0.2, -0.15) is 0 Å². The first-order valence-corrected chi connectivity index (χ1v) is 9.86. The minimum absolute atomic E-state index is 0.202. The molecular formula is C21H33N3O. The van der Waals surface area contributed by atoms with Gasteiger partial charge in [-0.25, -0.2) is 0 Å². The fourth-order valence-electron chi connectivity index (χ4n) is 4.08. The molecule has 138 valence electrons. The summed E-state index contributed by atoms with van der Waals surface area (Å²) in [6.45, 7) is 10.6. The molecule has 0 bridgehead atoms. The lowest BCUT2D eigenvalue weighted by atomic mass is 10.0. The molecule has 2 aliphatic heterocycles. The molecule has 1 amide bonds. The molecule has 0 spiro atoms. The molecule has 3 rings (SSSR count). The lowest BCUT2D eigenvalue weighted by Crippen LogP contribution is -2.45. The zero-order chi connectivity index (χ0) is 17.8. The Morgan fingerprint density at radius 1 is 1.04 bits per heavy atom. The third-order valence-corrected chi connectivity index (χ3v) is 5.82. The molecule has 2 fully saturated rings. The van der Waals surface area contributed by atoms with Gasteiger partial charge in [0.1, 0.15) is 0 Å². The number of hydrogen-bond acceptors (Lipinski definition) is 3. The van der Waals surface area contributed by atoms with Crippen molar-refractivity contribution in [1.29, 1.82) is 0 Å². The standard InChI is InChI=1S/C21H33N3O/c1-17(2)18-6-4-7-19(16-18)21(25)24-11-5-10-23(14-15-24)20-8-12-22(3)13-9-20/h4,6-7,16-17,20H,5,8-15H2,1-3H3. The summed E-state index contributed by atoms with van der Waals surface area (Å²) in [4.78, 5) is 20.1. The fraction of sp³-hybridized carbons (Fsp3) is 0.667. The molecule has 0 atom stereocenters. The molecule has 4 heteroatoms. The van der Waals surface area contributed by atoms with Gasteiger partial charge in [0.2, 0.25) is 0 Å². The molecule has 1 aromatic rings. The molecule has 0 N–H and O–H groups in total. The van der Waals surface area contributed by atoms with Gasteiger partial charge < -0.3 is 9.80 Å². The second kappa shape index (κ2) is 8.33. The number of carbonyl (C=O) groups is 1. The van der Waals surface area contributed by atoms with Crippen LogP contribution in [-0.4, -0.2) is 73.0 Å². The van der Waals surface area contributed by atoms with Crippen LogP contribution in [0.1, 0.15) is 54.9 Å². The number of piperidine rings is 1. The maximum Gasteiger partial charge on any atom is 0.253 e. The Kier molecular flexibility index (Phi) is 6.13. The first-order valence-electron chi connectivity index (χ1n) is 9.86. The smallest absolute Gasteiger partial charge is 0.253 e. The Morgan fingerprint density at radius 3 is 2.52 bits per heavy atom. The van der Waals surface area contributed by atoms with E-state index in [1.165, 1.54) is 31.5 Å². The van der Waals surface area contributed by atoms with Crippen LogP contribution in [0.15, 0.2) is 24.3 Å². The second-order valence-corrected chi connectivity index (χ2v) is 8.00. The van der Waals surface area contributed by atoms with Crippen molar-refractivity contribution in [3.8, 4) is 0 Å². The number of carbonyl (C=O) groups excluding carboxylic acids is 1. The first kappa shape index (κ1) is 18.4. The number of amides is 1. The van der Waals surface area contributed by atoms with Gasteiger partial charge in [-0.05, 0) is 63.0 Å². The Balaban J connectivity index is 1.61. The molecule has 2 heterocycles. The minimum atomic E-state index is 0.202. The van der Waals surface area contributed by atoms with E-state index in [1.54, 1.807) is 0 Å². The third-order valence-electron chi connectivity index (χ3n) is 5.82. The van der Waals surface area contributed by atoms with Crippen molar-refractivity contribution in [2.75, 3.05) is 46.3 Å². The van der Waals surface area contributed by atoms with E-state index in [9.17, 15) is 4.79 Å². The zero-order valence-electron chi connectivity index (χ0n) is 16.1. The van der Waals surface area contributed by atoms with Crippen LogP contribution in [0.3, 0.4) is 0 Å². The summed E-state index contributed by atoms with van der Waals surface area (Å²) < 4.78 is 0. The Bertz CT molecular complexity index is 578. The number of likely N-dealkylation sites (tertiary alicyclic amines) is 1. The van der Waals surface area contributed by atoms with E-state index in [2.05, 4.69) is 47.7 Å². The van der Waals surface area contributed by atoms with Gasteiger partial charge in [-0.15, -0.1) is 0 Å². The first-order chi connectivity index (χ1) is 12.0. The van der Waals surface area contributed by atoms with Gasteiger partial charge in [0, 0.05) is 37.8 Å². The molecular weight excluding hydrogens is 310 g/mol. The van der Waals surface area contributed by atoms with Crippen LogP contribution < -0.4 is 0 Å². The SMILES string of the molecule is CC(C)c1cccc(C(=O)N2CCCN(C3CCN(C)CC3)CC2)c1. The number of nitrogens with zero attached hydrogens (tertiary/aromatic N) is 3. The number of hydrogen-bond donors (Lipinski definition) is 0. The van der Waals surface area contributed by atoms with Crippen LogP contribution in [0.2, 0.25) is 0 Å². The number of rotatable bonds is 3. The third kappa shape index (κ3) is 4.62. The summed E-state index contributed by atoms with van der Waals surface area (Å²) in [5.74, 6) is 0.657. The predicted octanol–water partition coefficient (Wildman–Crippen LogP) is 3.05. The maximum atomic E-state index is 13.0. The van der Waals surface area contributed by atoms with Crippen molar-refractivity contribution in [3.63, 3.8) is 0 Å². The van der Waals surface area contributed by atoms with E-state index < -0.39 is 0 Å². The summed E-state index contributed by atoms with van der Waals surface area (Å²) in [5.41, 5.74) is 2.09. The van der Waals surface area contributed by atoms with Crippen molar-refractivity contribution >= 4 is 5.91 Å². The summed E-state index contributed by atoms with van der Waals surface area (Å²) in [7, 11) is 2.21. The van der Waals surface area contributed by atoms with E-state index >= 15 is 0 Å². The highest BCUT2D eigenvalue weighted by Gasteiger charge is 2.26. The van der Waals surface area contributed by atoms with E-state index in [4.69, 9.17) is 0 Å². The van der Waals surface area contributed by atoms with Gasteiger partial charge in [-0.3, -0.25) is 9.69 Å². The van der Waals surface area contributed by atoms with Crippen LogP contribution in [0.25, 0.3) is 0 Å². The van der Waals surface area contributed by atoms with Crippen LogP contribution in [0.4, 0.5) is 0 Å². The zero-order valence-corrected chi connectivity index (χ0v) is 16.1. The van der Waals surface area contributed by atoms with Gasteiger partial charge in [0.25, 0.3) is 5.91 Å². The normalized spacial score (nSPS) is 21.5. The average Bonchev–Trinajstić information content (AvgIpc) is 2.88. The van der Waals surface area contributed by atoms with Crippen LogP contribution >= 0.6 is 0 Å². The summed E-state index contributed by atoms with van der Waals surface area (Å²) in [5, 5.41) is 0. The van der Waals surface area contributed by atoms with Crippen molar-refractivity contribution < 1.29 is 4.79 Å². The van der Waals surface area contributed by atoms with Gasteiger partial charge in [-0.1, -0.05) is 26.0 Å². The monoisotopic (exact) mass is 343 g/mol. The molecule has 4 nitrogen and oxygen atoms in total. The molecule has 2 saturated heterocycles. The molecule has 0 aromatic heterocycles. The molecule has 0 aliphatic carbocycles. The quantitative estimate of drug-likeness (QED) is 0.844. The van der Waals surface area contributed by atoms with Crippen molar-refractivity contribution in [1.82, 2.24) is 14.7 Å². The lowest BCUT2D eigenvalue weighted by molar-refractivity contribution is 0.0750. The molecule has 0 radical (unpaired) electrons. The molecule has 1 aromatic carbocycles. The van der Waals surface area contributed by atoms with Crippen molar-refractivity contribution in [3.05, 3.63) is 35.4 Å². The Labute approximate surface area is 152 Å². The van der Waals surface area contributed by atoms with E-state index in [0.717, 1.165) is 38.2 Å². The van der Waals surface area contributed by atoms with E-state index in [0.29, 0.717) is 12.0 Å². The largest absolute Gasteiger partial charge is 0.337 e. The van der Waals surface area contributed by atoms with Gasteiger partial charge >= 0.3 is 0 Å². The summed E-state index contributed by atoms with van der Waals surface area (Å²) in [6, 6.07) is 8.88. The Morgan fingerprint density at radius 2 is 1.80 bits per heavy atom. The fourth-order valence-corrected chi connectivity index (χ4v) is 4.08. The van der Waals surface area contributed by atoms with Crippen molar-refractivity contribution in [2.45, 2.75) is 45.1 Å². The maximum absolute atomic E-state index is 13.0. The van der Waals surface area contributed by atoms with Gasteiger partial charge in [0.05, 0.1) is 0 Å². The highest BCUT2D eigenvalue weighted by molar-refractivity contribution is 5.94. The highest BCUT2D eigenvalue weighted by atomic mass is 16.2. The number of benzene rings is 1. The average molecular weight is 344 g/mol.